The van der Waals surface area contributed by atoms with E-state index < -0.39 is 27.8 Å². The highest BCUT2D eigenvalue weighted by Gasteiger charge is 2.18. The van der Waals surface area contributed by atoms with E-state index in [0.717, 1.165) is 7.11 Å². The van der Waals surface area contributed by atoms with Gasteiger partial charge in [0.05, 0.1) is 7.11 Å². The van der Waals surface area contributed by atoms with Gasteiger partial charge < -0.3 is 9.84 Å². The first-order valence-corrected chi connectivity index (χ1v) is 5.74. The van der Waals surface area contributed by atoms with Crippen LogP contribution in [0.2, 0.25) is 0 Å². The highest BCUT2D eigenvalue weighted by molar-refractivity contribution is 7.90. The number of rotatable bonds is 6. The van der Waals surface area contributed by atoms with Crippen molar-refractivity contribution >= 4 is 16.0 Å². The Morgan fingerprint density at radius 3 is 2.57 bits per heavy atom. The zero-order valence-electron chi connectivity index (χ0n) is 8.19. The van der Waals surface area contributed by atoms with Gasteiger partial charge in [-0.2, -0.15) is 0 Å². The maximum atomic E-state index is 11.2. The molecule has 0 aromatic carbocycles. The van der Waals surface area contributed by atoms with Crippen LogP contribution >= 0.6 is 0 Å². The number of carbonyl (C=O) groups excluding carboxylic acids is 1. The zero-order chi connectivity index (χ0) is 11.2. The summed E-state index contributed by atoms with van der Waals surface area (Å²) in [7, 11) is -2.53. The SMILES string of the molecule is COC(=O)CS(=O)(=O)NC(C)CCO. The third kappa shape index (κ3) is 5.90. The van der Waals surface area contributed by atoms with E-state index in [4.69, 9.17) is 5.11 Å². The van der Waals surface area contributed by atoms with Crippen molar-refractivity contribution in [3.8, 4) is 0 Å². The first-order valence-electron chi connectivity index (χ1n) is 4.09. The highest BCUT2D eigenvalue weighted by atomic mass is 32.2. The molecular formula is C7H15NO5S. The van der Waals surface area contributed by atoms with Crippen molar-refractivity contribution in [1.82, 2.24) is 4.72 Å². The minimum absolute atomic E-state index is 0.109. The molecule has 0 aromatic heterocycles. The van der Waals surface area contributed by atoms with Crippen LogP contribution in [0.1, 0.15) is 13.3 Å². The van der Waals surface area contributed by atoms with Gasteiger partial charge >= 0.3 is 5.97 Å². The molecule has 0 rings (SSSR count). The largest absolute Gasteiger partial charge is 0.468 e. The maximum absolute atomic E-state index is 11.2. The third-order valence-electron chi connectivity index (χ3n) is 1.48. The minimum atomic E-state index is -3.65. The molecule has 6 nitrogen and oxygen atoms in total. The summed E-state index contributed by atoms with van der Waals surface area (Å²) in [6.07, 6.45) is 0.306. The molecule has 0 aliphatic carbocycles. The molecular weight excluding hydrogens is 210 g/mol. The minimum Gasteiger partial charge on any atom is -0.468 e. The summed E-state index contributed by atoms with van der Waals surface area (Å²) in [5, 5.41) is 8.54. The van der Waals surface area contributed by atoms with E-state index >= 15 is 0 Å². The van der Waals surface area contributed by atoms with Gasteiger partial charge in [0.2, 0.25) is 10.0 Å². The molecule has 0 bridgehead atoms. The summed E-state index contributed by atoms with van der Waals surface area (Å²) in [6, 6.07) is -0.394. The molecule has 0 radical (unpaired) electrons. The van der Waals surface area contributed by atoms with Crippen molar-refractivity contribution in [3.63, 3.8) is 0 Å². The van der Waals surface area contributed by atoms with Gasteiger partial charge in [-0.25, -0.2) is 13.1 Å². The zero-order valence-corrected chi connectivity index (χ0v) is 9.00. The topological polar surface area (TPSA) is 92.7 Å². The first-order chi connectivity index (χ1) is 6.41. The van der Waals surface area contributed by atoms with Crippen molar-refractivity contribution in [2.75, 3.05) is 19.5 Å². The van der Waals surface area contributed by atoms with Crippen LogP contribution in [0, 0.1) is 0 Å². The number of carbonyl (C=O) groups is 1. The van der Waals surface area contributed by atoms with E-state index in [9.17, 15) is 13.2 Å². The van der Waals surface area contributed by atoms with Gasteiger partial charge in [-0.05, 0) is 13.3 Å². The van der Waals surface area contributed by atoms with E-state index in [2.05, 4.69) is 9.46 Å². The number of methoxy groups -OCH3 is 1. The van der Waals surface area contributed by atoms with E-state index in [0.29, 0.717) is 6.42 Å². The molecule has 14 heavy (non-hydrogen) atoms. The van der Waals surface area contributed by atoms with Gasteiger partial charge in [0.15, 0.2) is 5.75 Å². The van der Waals surface area contributed by atoms with Crippen LogP contribution in [-0.2, 0) is 19.6 Å². The molecule has 0 aliphatic rings. The van der Waals surface area contributed by atoms with Crippen LogP contribution in [0.25, 0.3) is 0 Å². The van der Waals surface area contributed by atoms with Crippen LogP contribution in [-0.4, -0.2) is 45.0 Å². The standard InChI is InChI=1S/C7H15NO5S/c1-6(3-4-9)8-14(11,12)5-7(10)13-2/h6,8-9H,3-5H2,1-2H3. The van der Waals surface area contributed by atoms with E-state index in [-0.39, 0.29) is 6.61 Å². The number of esters is 1. The van der Waals surface area contributed by atoms with Gasteiger partial charge in [-0.1, -0.05) is 0 Å². The number of sulfonamides is 1. The number of ether oxygens (including phenoxy) is 1. The molecule has 1 unspecified atom stereocenters. The second-order valence-electron chi connectivity index (χ2n) is 2.87. The Bertz CT molecular complexity index is 274. The summed E-state index contributed by atoms with van der Waals surface area (Å²) in [5.41, 5.74) is 0. The lowest BCUT2D eigenvalue weighted by atomic mass is 10.3. The summed E-state index contributed by atoms with van der Waals surface area (Å²) in [5.74, 6) is -1.51. The fraction of sp³-hybridized carbons (Fsp3) is 0.857. The number of nitrogens with one attached hydrogen (secondary N) is 1. The Balaban J connectivity index is 4.14. The number of aliphatic hydroxyl groups excluding tert-OH is 1. The van der Waals surface area contributed by atoms with Gasteiger partial charge in [0.1, 0.15) is 0 Å². The quantitative estimate of drug-likeness (QED) is 0.557. The number of hydrogen-bond donors (Lipinski definition) is 2. The van der Waals surface area contributed by atoms with E-state index in [1.165, 1.54) is 0 Å². The molecule has 0 amide bonds. The Morgan fingerprint density at radius 1 is 1.57 bits per heavy atom. The van der Waals surface area contributed by atoms with Crippen molar-refractivity contribution in [2.24, 2.45) is 0 Å². The third-order valence-corrected chi connectivity index (χ3v) is 2.86. The van der Waals surface area contributed by atoms with E-state index in [1.807, 2.05) is 0 Å². The van der Waals surface area contributed by atoms with Crippen molar-refractivity contribution in [3.05, 3.63) is 0 Å². The summed E-state index contributed by atoms with van der Waals surface area (Å²) >= 11 is 0. The molecule has 0 saturated carbocycles. The Morgan fingerprint density at radius 2 is 2.14 bits per heavy atom. The van der Waals surface area contributed by atoms with Crippen LogP contribution in [0.5, 0.6) is 0 Å². The van der Waals surface area contributed by atoms with Gasteiger partial charge in [0, 0.05) is 12.6 Å². The predicted molar refractivity (Wildman–Crippen MR) is 50.1 cm³/mol. The molecule has 2 N–H and O–H groups in total. The van der Waals surface area contributed by atoms with Crippen LogP contribution in [0.3, 0.4) is 0 Å². The Hall–Kier alpha value is -0.660. The lowest BCUT2D eigenvalue weighted by Gasteiger charge is -2.11. The van der Waals surface area contributed by atoms with E-state index in [1.54, 1.807) is 6.92 Å². The molecule has 1 atom stereocenters. The van der Waals surface area contributed by atoms with Gasteiger partial charge in [0.25, 0.3) is 0 Å². The maximum Gasteiger partial charge on any atom is 0.322 e. The number of hydrogen-bond acceptors (Lipinski definition) is 5. The summed E-state index contributed by atoms with van der Waals surface area (Å²) in [4.78, 5) is 10.7. The smallest absolute Gasteiger partial charge is 0.322 e. The molecule has 0 aliphatic heterocycles. The van der Waals surface area contributed by atoms with Gasteiger partial charge in [-0.15, -0.1) is 0 Å². The average Bonchev–Trinajstić information content (AvgIpc) is 2.02. The lowest BCUT2D eigenvalue weighted by molar-refractivity contribution is -0.137. The molecule has 0 aromatic rings. The molecule has 7 heteroatoms. The molecule has 0 heterocycles. The summed E-state index contributed by atoms with van der Waals surface area (Å²) < 4.78 is 28.8. The molecule has 84 valence electrons. The van der Waals surface area contributed by atoms with Crippen molar-refractivity contribution in [2.45, 2.75) is 19.4 Å². The van der Waals surface area contributed by atoms with Gasteiger partial charge in [-0.3, -0.25) is 4.79 Å². The Kier molecular flexibility index (Phi) is 5.66. The fourth-order valence-corrected chi connectivity index (χ4v) is 2.06. The van der Waals surface area contributed by atoms with Crippen molar-refractivity contribution < 1.29 is 23.1 Å². The predicted octanol–water partition coefficient (Wildman–Crippen LogP) is -1.15. The monoisotopic (exact) mass is 225 g/mol. The lowest BCUT2D eigenvalue weighted by Crippen LogP contribution is -2.37. The molecule has 0 spiro atoms. The second kappa shape index (κ2) is 5.94. The number of aliphatic hydroxyl groups is 1. The first kappa shape index (κ1) is 13.3. The average molecular weight is 225 g/mol. The normalized spacial score (nSPS) is 13.6. The highest BCUT2D eigenvalue weighted by Crippen LogP contribution is 1.94. The van der Waals surface area contributed by atoms with Crippen LogP contribution in [0.15, 0.2) is 0 Å². The Labute approximate surface area is 83.3 Å². The second-order valence-corrected chi connectivity index (χ2v) is 4.62. The summed E-state index contributed by atoms with van der Waals surface area (Å²) in [6.45, 7) is 1.49. The molecule has 0 saturated heterocycles. The van der Waals surface area contributed by atoms with Crippen LogP contribution < -0.4 is 4.72 Å². The van der Waals surface area contributed by atoms with Crippen molar-refractivity contribution in [1.29, 1.82) is 0 Å². The fourth-order valence-electron chi connectivity index (χ4n) is 0.815. The molecule has 0 fully saturated rings. The van der Waals surface area contributed by atoms with Crippen LogP contribution in [0.4, 0.5) is 0 Å².